The largest absolute Gasteiger partial charge is 0.339 e. The van der Waals surface area contributed by atoms with Gasteiger partial charge in [-0.1, -0.05) is 26.7 Å². The van der Waals surface area contributed by atoms with Gasteiger partial charge in [-0.25, -0.2) is 10.8 Å². The molecule has 0 bridgehead atoms. The number of anilines is 1. The highest BCUT2D eigenvalue weighted by molar-refractivity contribution is 9.10. The van der Waals surface area contributed by atoms with Gasteiger partial charge < -0.3 is 10.3 Å². The van der Waals surface area contributed by atoms with E-state index in [1.807, 2.05) is 4.90 Å². The molecule has 0 atom stereocenters. The van der Waals surface area contributed by atoms with Crippen molar-refractivity contribution in [1.29, 1.82) is 0 Å². The molecule has 3 N–H and O–H groups in total. The minimum absolute atomic E-state index is 0.0198. The first-order valence-corrected chi connectivity index (χ1v) is 7.84. The van der Waals surface area contributed by atoms with Crippen LogP contribution < -0.4 is 11.3 Å². The van der Waals surface area contributed by atoms with Gasteiger partial charge in [0.25, 0.3) is 5.91 Å². The van der Waals surface area contributed by atoms with E-state index in [4.69, 9.17) is 5.84 Å². The molecule has 20 heavy (non-hydrogen) atoms. The van der Waals surface area contributed by atoms with E-state index in [1.54, 1.807) is 12.3 Å². The molecule has 1 aromatic heterocycles. The van der Waals surface area contributed by atoms with Crippen LogP contribution in [0.1, 0.15) is 49.9 Å². The first-order chi connectivity index (χ1) is 9.63. The normalized spacial score (nSPS) is 10.4. The molecule has 1 heterocycles. The van der Waals surface area contributed by atoms with Crippen LogP contribution in [0.25, 0.3) is 0 Å². The maximum absolute atomic E-state index is 12.7. The molecule has 0 radical (unpaired) electrons. The number of nitrogens with two attached hydrogens (primary N) is 1. The monoisotopic (exact) mass is 342 g/mol. The Hall–Kier alpha value is -1.14. The van der Waals surface area contributed by atoms with Crippen molar-refractivity contribution in [2.45, 2.75) is 39.5 Å². The van der Waals surface area contributed by atoms with E-state index in [2.05, 4.69) is 40.2 Å². The summed E-state index contributed by atoms with van der Waals surface area (Å²) in [6, 6.07) is 1.76. The average Bonchev–Trinajstić information content (AvgIpc) is 2.46. The number of rotatable bonds is 8. The molecule has 6 heteroatoms. The molecular formula is C14H23BrN4O. The lowest BCUT2D eigenvalue weighted by Crippen LogP contribution is -2.34. The Morgan fingerprint density at radius 3 is 2.45 bits per heavy atom. The number of hydrogen-bond acceptors (Lipinski definition) is 4. The predicted molar refractivity (Wildman–Crippen MR) is 85.5 cm³/mol. The van der Waals surface area contributed by atoms with Crippen molar-refractivity contribution in [1.82, 2.24) is 9.88 Å². The van der Waals surface area contributed by atoms with Crippen molar-refractivity contribution in [3.63, 3.8) is 0 Å². The first kappa shape index (κ1) is 16.9. The molecule has 1 rings (SSSR count). The topological polar surface area (TPSA) is 71.2 Å². The van der Waals surface area contributed by atoms with Gasteiger partial charge in [-0.05, 0) is 34.8 Å². The fraction of sp³-hybridized carbons (Fsp3) is 0.571. The standard InChI is InChI=1S/C14H23BrN4O/c1-3-5-7-19(8-6-4-2)14(20)12-9-11(15)10-17-13(12)18-16/h9-10H,3-8,16H2,1-2H3,(H,17,18). The molecule has 0 spiro atoms. The third kappa shape index (κ3) is 4.76. The Kier molecular flexibility index (Phi) is 7.54. The van der Waals surface area contributed by atoms with Crippen molar-refractivity contribution in [2.24, 2.45) is 5.84 Å². The van der Waals surface area contributed by atoms with Gasteiger partial charge >= 0.3 is 0 Å². The van der Waals surface area contributed by atoms with Crippen LogP contribution in [0.4, 0.5) is 5.82 Å². The molecule has 1 aromatic rings. The third-order valence-corrected chi connectivity index (χ3v) is 3.51. The minimum atomic E-state index is -0.0198. The average molecular weight is 343 g/mol. The summed E-state index contributed by atoms with van der Waals surface area (Å²) in [5.41, 5.74) is 3.00. The summed E-state index contributed by atoms with van der Waals surface area (Å²) in [6.45, 7) is 5.78. The van der Waals surface area contributed by atoms with Crippen LogP contribution in [-0.4, -0.2) is 28.9 Å². The Labute approximate surface area is 129 Å². The molecule has 0 saturated carbocycles. The molecular weight excluding hydrogens is 320 g/mol. The Morgan fingerprint density at radius 2 is 1.95 bits per heavy atom. The third-order valence-electron chi connectivity index (χ3n) is 3.07. The second-order valence-corrected chi connectivity index (χ2v) is 5.61. The van der Waals surface area contributed by atoms with E-state index in [-0.39, 0.29) is 5.91 Å². The predicted octanol–water partition coefficient (Wildman–Crippen LogP) is 3.17. The molecule has 0 fully saturated rings. The van der Waals surface area contributed by atoms with Crippen molar-refractivity contribution < 1.29 is 4.79 Å². The SMILES string of the molecule is CCCCN(CCCC)C(=O)c1cc(Br)cnc1NN. The Bertz CT molecular complexity index is 431. The summed E-state index contributed by atoms with van der Waals surface area (Å²) in [7, 11) is 0. The van der Waals surface area contributed by atoms with Gasteiger partial charge in [0.15, 0.2) is 5.82 Å². The molecule has 112 valence electrons. The van der Waals surface area contributed by atoms with Gasteiger partial charge in [0.2, 0.25) is 0 Å². The second kappa shape index (κ2) is 8.92. The van der Waals surface area contributed by atoms with Crippen molar-refractivity contribution in [2.75, 3.05) is 18.5 Å². The van der Waals surface area contributed by atoms with Gasteiger partial charge in [-0.2, -0.15) is 0 Å². The number of hydrogen-bond donors (Lipinski definition) is 2. The van der Waals surface area contributed by atoms with E-state index in [0.717, 1.165) is 43.2 Å². The summed E-state index contributed by atoms with van der Waals surface area (Å²) in [5, 5.41) is 0. The second-order valence-electron chi connectivity index (χ2n) is 4.69. The van der Waals surface area contributed by atoms with Crippen molar-refractivity contribution in [3.8, 4) is 0 Å². The lowest BCUT2D eigenvalue weighted by atomic mass is 10.2. The smallest absolute Gasteiger partial charge is 0.257 e. The molecule has 0 aliphatic heterocycles. The number of carbonyl (C=O) groups is 1. The number of halogens is 1. The summed E-state index contributed by atoms with van der Waals surface area (Å²) in [6.07, 6.45) is 5.75. The quantitative estimate of drug-likeness (QED) is 0.562. The number of nitrogen functional groups attached to an aromatic ring is 1. The Balaban J connectivity index is 2.94. The van der Waals surface area contributed by atoms with Crippen LogP contribution in [0.3, 0.4) is 0 Å². The maximum Gasteiger partial charge on any atom is 0.257 e. The zero-order valence-electron chi connectivity index (χ0n) is 12.2. The number of nitrogens with one attached hydrogen (secondary N) is 1. The summed E-state index contributed by atoms with van der Waals surface area (Å²) in [4.78, 5) is 18.7. The van der Waals surface area contributed by atoms with E-state index < -0.39 is 0 Å². The van der Waals surface area contributed by atoms with Gasteiger partial charge in [-0.15, -0.1) is 0 Å². The van der Waals surface area contributed by atoms with Crippen LogP contribution in [-0.2, 0) is 0 Å². The van der Waals surface area contributed by atoms with Crippen LogP contribution in [0.5, 0.6) is 0 Å². The lowest BCUT2D eigenvalue weighted by molar-refractivity contribution is 0.0751. The zero-order valence-corrected chi connectivity index (χ0v) is 13.7. The van der Waals surface area contributed by atoms with Gasteiger partial charge in [-0.3, -0.25) is 4.79 Å². The molecule has 1 amide bonds. The fourth-order valence-corrected chi connectivity index (χ4v) is 2.23. The van der Waals surface area contributed by atoms with Crippen LogP contribution >= 0.6 is 15.9 Å². The van der Waals surface area contributed by atoms with Crippen molar-refractivity contribution in [3.05, 3.63) is 22.3 Å². The molecule has 0 saturated heterocycles. The highest BCUT2D eigenvalue weighted by Gasteiger charge is 2.19. The first-order valence-electron chi connectivity index (χ1n) is 7.05. The summed E-state index contributed by atoms with van der Waals surface area (Å²) >= 11 is 3.35. The van der Waals surface area contributed by atoms with E-state index >= 15 is 0 Å². The van der Waals surface area contributed by atoms with E-state index in [9.17, 15) is 4.79 Å². The zero-order chi connectivity index (χ0) is 15.0. The fourth-order valence-electron chi connectivity index (χ4n) is 1.90. The molecule has 0 aliphatic rings. The van der Waals surface area contributed by atoms with Gasteiger partial charge in [0.05, 0.1) is 5.56 Å². The van der Waals surface area contributed by atoms with Crippen LogP contribution in [0.15, 0.2) is 16.7 Å². The molecule has 0 aliphatic carbocycles. The Morgan fingerprint density at radius 1 is 1.35 bits per heavy atom. The molecule has 0 unspecified atom stereocenters. The van der Waals surface area contributed by atoms with Crippen molar-refractivity contribution >= 4 is 27.7 Å². The van der Waals surface area contributed by atoms with Gasteiger partial charge in [0, 0.05) is 23.8 Å². The number of nitrogens with zero attached hydrogens (tertiary/aromatic N) is 2. The summed E-state index contributed by atoms with van der Waals surface area (Å²) < 4.78 is 0.769. The van der Waals surface area contributed by atoms with E-state index in [0.29, 0.717) is 11.4 Å². The number of carbonyl (C=O) groups excluding carboxylic acids is 1. The number of aromatic nitrogens is 1. The van der Waals surface area contributed by atoms with Crippen LogP contribution in [0, 0.1) is 0 Å². The summed E-state index contributed by atoms with van der Waals surface area (Å²) in [5.74, 6) is 5.83. The molecule has 0 aromatic carbocycles. The number of hydrazine groups is 1. The minimum Gasteiger partial charge on any atom is -0.339 e. The maximum atomic E-state index is 12.7. The molecule has 5 nitrogen and oxygen atoms in total. The van der Waals surface area contributed by atoms with E-state index in [1.165, 1.54) is 0 Å². The van der Waals surface area contributed by atoms with Crippen LogP contribution in [0.2, 0.25) is 0 Å². The highest BCUT2D eigenvalue weighted by Crippen LogP contribution is 2.19. The number of amides is 1. The van der Waals surface area contributed by atoms with Gasteiger partial charge in [0.1, 0.15) is 0 Å². The number of unbranched alkanes of at least 4 members (excludes halogenated alkanes) is 2. The lowest BCUT2D eigenvalue weighted by Gasteiger charge is -2.23. The highest BCUT2D eigenvalue weighted by atomic mass is 79.9. The number of pyridine rings is 1.